The zero-order valence-corrected chi connectivity index (χ0v) is 22.6. The van der Waals surface area contributed by atoms with Crippen LogP contribution in [0.3, 0.4) is 0 Å². The van der Waals surface area contributed by atoms with Crippen LogP contribution in [0.25, 0.3) is 0 Å². The number of aliphatic hydroxyl groups excluding tert-OH is 2. The predicted octanol–water partition coefficient (Wildman–Crippen LogP) is -18.1. The largest absolute Gasteiger partial charge is 2.00 e. The second-order valence-corrected chi connectivity index (χ2v) is 2.75. The summed E-state index contributed by atoms with van der Waals surface area (Å²) in [5.74, 6) is -4.12. The topological polar surface area (TPSA) is 201 Å². The molecule has 20 heavy (non-hydrogen) atoms. The van der Waals surface area contributed by atoms with Crippen molar-refractivity contribution in [2.24, 2.45) is 0 Å². The zero-order valence-electron chi connectivity index (χ0n) is 10.4. The van der Waals surface area contributed by atoms with E-state index in [-0.39, 0.29) is 173 Å². The number of carboxylic acids is 2. The summed E-state index contributed by atoms with van der Waals surface area (Å²) in [4.78, 5) is 19.3. The molecule has 0 heterocycles. The Bertz CT molecular complexity index is 316. The SMILES string of the molecule is O=C([O-])C(O)C(O)C(=O)[O-].O=S(=O)([O-])[O-].[Cu+2].[I-].[K+].[K+].[Na+]. The first-order valence-corrected chi connectivity index (χ1v) is 4.24. The summed E-state index contributed by atoms with van der Waals surface area (Å²) < 4.78 is 34.1. The normalized spacial score (nSPS) is 10.8. The molecule has 0 fully saturated rings. The predicted molar refractivity (Wildman–Crippen MR) is 32.5 cm³/mol. The zero-order chi connectivity index (χ0) is 12.8. The molecule has 1 radical (unpaired) electrons. The van der Waals surface area contributed by atoms with Crippen molar-refractivity contribution in [2.45, 2.75) is 12.2 Å². The molecule has 0 aromatic carbocycles. The Morgan fingerprint density at radius 2 is 1.00 bits per heavy atom. The van der Waals surface area contributed by atoms with Gasteiger partial charge in [0.05, 0.1) is 11.9 Å². The Morgan fingerprint density at radius 3 is 1.05 bits per heavy atom. The Balaban J connectivity index is -0.0000000303. The number of hydrogen-bond donors (Lipinski definition) is 2. The summed E-state index contributed by atoms with van der Waals surface area (Å²) in [6.07, 6.45) is -4.88. The molecule has 0 saturated heterocycles. The van der Waals surface area contributed by atoms with Crippen LogP contribution in [-0.4, -0.2) is 51.9 Å². The summed E-state index contributed by atoms with van der Waals surface area (Å²) in [7, 11) is -5.17. The average Bonchev–Trinajstić information content (AvgIpc) is 1.98. The summed E-state index contributed by atoms with van der Waals surface area (Å²) in [6, 6.07) is 0. The van der Waals surface area contributed by atoms with Gasteiger partial charge in [-0.2, -0.15) is 0 Å². The number of carbonyl (C=O) groups is 2. The van der Waals surface area contributed by atoms with Crippen molar-refractivity contribution in [2.75, 3.05) is 0 Å². The molecule has 2 N–H and O–H groups in total. The third kappa shape index (κ3) is 38.1. The van der Waals surface area contributed by atoms with Gasteiger partial charge in [-0.3, -0.25) is 8.42 Å². The van der Waals surface area contributed by atoms with E-state index >= 15 is 0 Å². The van der Waals surface area contributed by atoms with E-state index in [1.54, 1.807) is 0 Å². The summed E-state index contributed by atoms with van der Waals surface area (Å²) in [5, 5.41) is 35.7. The smallest absolute Gasteiger partial charge is 1.00 e. The minimum Gasteiger partial charge on any atom is -1.00 e. The second-order valence-electron chi connectivity index (χ2n) is 1.94. The van der Waals surface area contributed by atoms with Crippen molar-refractivity contribution in [1.29, 1.82) is 0 Å². The van der Waals surface area contributed by atoms with Crippen molar-refractivity contribution < 1.29 is 221 Å². The standard InChI is InChI=1S/C4H6O6.Cu.HI.2K.Na.H2O4S/c5-1(3(7)8)2(6)4(9)10;;;;;;1-5(2,3)4/h1-2,5-6H,(H,7,8)(H,9,10);;1H;;;;(H2,1,2,3,4)/q;+2;;3*+1;/p-5. The van der Waals surface area contributed by atoms with E-state index < -0.39 is 34.5 Å². The molecule has 0 rings (SSSR count). The van der Waals surface area contributed by atoms with E-state index in [9.17, 15) is 19.8 Å². The number of aliphatic hydroxyl groups is 2. The van der Waals surface area contributed by atoms with Gasteiger partial charge >= 0.3 is 149 Å². The molecule has 2 unspecified atom stereocenters. The summed E-state index contributed by atoms with van der Waals surface area (Å²) in [6.45, 7) is 0. The van der Waals surface area contributed by atoms with Crippen LogP contribution in [0.1, 0.15) is 0 Å². The van der Waals surface area contributed by atoms with Crippen LogP contribution >= 0.6 is 0 Å². The van der Waals surface area contributed by atoms with Crippen molar-refractivity contribution in [3.8, 4) is 0 Å². The Hall–Kier alpha value is 4.25. The van der Waals surface area contributed by atoms with E-state index in [1.807, 2.05) is 0 Å². The van der Waals surface area contributed by atoms with Crippen LogP contribution in [0, 0.1) is 0 Å². The van der Waals surface area contributed by atoms with E-state index in [2.05, 4.69) is 0 Å². The van der Waals surface area contributed by atoms with Crippen LogP contribution in [0.5, 0.6) is 0 Å². The Morgan fingerprint density at radius 1 is 0.900 bits per heavy atom. The van der Waals surface area contributed by atoms with Gasteiger partial charge in [0.1, 0.15) is 12.2 Å². The van der Waals surface area contributed by atoms with E-state index in [1.165, 1.54) is 0 Å². The molecule has 0 aromatic rings. The van der Waals surface area contributed by atoms with Gasteiger partial charge < -0.3 is 63.1 Å². The van der Waals surface area contributed by atoms with E-state index in [4.69, 9.17) is 27.7 Å². The first-order valence-electron chi connectivity index (χ1n) is 2.91. The Labute approximate surface area is 249 Å². The molecule has 0 aliphatic heterocycles. The quantitative estimate of drug-likeness (QED) is 0.151. The molecular formula is C4H4CuIK2NaO10S. The second kappa shape index (κ2) is 23.3. The minimum absolute atomic E-state index is 0. The molecule has 0 aromatic heterocycles. The molecule has 2 atom stereocenters. The van der Waals surface area contributed by atoms with Gasteiger partial charge in [0.15, 0.2) is 0 Å². The average molecular weight is 536 g/mol. The third-order valence-electron chi connectivity index (χ3n) is 0.782. The maximum atomic E-state index is 9.63. The molecule has 0 bridgehead atoms. The third-order valence-corrected chi connectivity index (χ3v) is 0.782. The summed E-state index contributed by atoms with van der Waals surface area (Å²) >= 11 is 0. The first-order chi connectivity index (χ1) is 6.46. The number of carbonyl (C=O) groups excluding carboxylic acids is 2. The number of carboxylic acid groups (broad SMARTS) is 2. The van der Waals surface area contributed by atoms with Crippen LogP contribution in [-0.2, 0) is 37.1 Å². The van der Waals surface area contributed by atoms with E-state index in [0.29, 0.717) is 0 Å². The number of halogens is 1. The van der Waals surface area contributed by atoms with Crippen LogP contribution < -0.4 is 167 Å². The van der Waals surface area contributed by atoms with Gasteiger partial charge in [-0.25, -0.2) is 0 Å². The van der Waals surface area contributed by atoms with Crippen molar-refractivity contribution >= 4 is 22.3 Å². The maximum absolute atomic E-state index is 9.63. The van der Waals surface area contributed by atoms with Gasteiger partial charge in [0.2, 0.25) is 0 Å². The monoisotopic (exact) mass is 535 g/mol. The number of rotatable bonds is 3. The van der Waals surface area contributed by atoms with Gasteiger partial charge in [-0.05, 0) is 0 Å². The van der Waals surface area contributed by atoms with Crippen LogP contribution in [0.15, 0.2) is 0 Å². The van der Waals surface area contributed by atoms with Crippen LogP contribution in [0.4, 0.5) is 0 Å². The molecule has 0 saturated carbocycles. The number of aliphatic carboxylic acids is 2. The van der Waals surface area contributed by atoms with Gasteiger partial charge in [-0.1, -0.05) is 0 Å². The fraction of sp³-hybridized carbons (Fsp3) is 0.500. The molecule has 10 nitrogen and oxygen atoms in total. The van der Waals surface area contributed by atoms with Crippen molar-refractivity contribution in [1.82, 2.24) is 0 Å². The molecule has 0 spiro atoms. The van der Waals surface area contributed by atoms with Gasteiger partial charge in [-0.15, -0.1) is 0 Å². The summed E-state index contributed by atoms with van der Waals surface area (Å²) in [5.41, 5.74) is 0. The molecule has 0 aliphatic carbocycles. The molecule has 107 valence electrons. The first kappa shape index (κ1) is 44.1. The van der Waals surface area contributed by atoms with Crippen LogP contribution in [0.2, 0.25) is 0 Å². The number of hydrogen-bond acceptors (Lipinski definition) is 10. The molecule has 0 amide bonds. The van der Waals surface area contributed by atoms with Crippen molar-refractivity contribution in [3.05, 3.63) is 0 Å². The van der Waals surface area contributed by atoms with Gasteiger partial charge in [0, 0.05) is 10.4 Å². The van der Waals surface area contributed by atoms with Crippen molar-refractivity contribution in [3.63, 3.8) is 0 Å². The molecular weight excluding hydrogens is 532 g/mol. The Kier molecular flexibility index (Phi) is 51.2. The maximum Gasteiger partial charge on any atom is 2.00 e. The fourth-order valence-corrected chi connectivity index (χ4v) is 0.258. The molecule has 16 heteroatoms. The minimum atomic E-state index is -5.17. The fourth-order valence-electron chi connectivity index (χ4n) is 0.258. The molecule has 0 aliphatic rings. The van der Waals surface area contributed by atoms with E-state index in [0.717, 1.165) is 0 Å². The van der Waals surface area contributed by atoms with Gasteiger partial charge in [0.25, 0.3) is 0 Å².